The van der Waals surface area contributed by atoms with Gasteiger partial charge in [-0.25, -0.2) is 0 Å². The van der Waals surface area contributed by atoms with Crippen molar-refractivity contribution >= 4 is 17.2 Å². The molecule has 1 aromatic rings. The van der Waals surface area contributed by atoms with Crippen molar-refractivity contribution in [3.8, 4) is 0 Å². The molecule has 84 valence electrons. The first kappa shape index (κ1) is 12.2. The Bertz CT molecular complexity index is 309. The number of carbonyl (C=O) groups is 1. The first-order chi connectivity index (χ1) is 7.24. The van der Waals surface area contributed by atoms with Gasteiger partial charge in [-0.1, -0.05) is 0 Å². The predicted molar refractivity (Wildman–Crippen MR) is 61.8 cm³/mol. The van der Waals surface area contributed by atoms with Gasteiger partial charge >= 0.3 is 0 Å². The lowest BCUT2D eigenvalue weighted by Gasteiger charge is -2.03. The molecule has 0 saturated carbocycles. The first-order valence-corrected chi connectivity index (χ1v) is 6.02. The lowest BCUT2D eigenvalue weighted by molar-refractivity contribution is -0.121. The topological polar surface area (TPSA) is 49.3 Å². The van der Waals surface area contributed by atoms with Crippen LogP contribution in [-0.4, -0.2) is 17.6 Å². The maximum Gasteiger partial charge on any atom is 0.220 e. The second-order valence-electron chi connectivity index (χ2n) is 3.48. The molecule has 0 aliphatic carbocycles. The normalized spacial score (nSPS) is 10.3. The maximum atomic E-state index is 11.3. The average molecular weight is 227 g/mol. The molecule has 0 unspecified atom stereocenters. The summed E-state index contributed by atoms with van der Waals surface area (Å²) < 4.78 is 0. The van der Waals surface area contributed by atoms with Crippen molar-refractivity contribution in [1.29, 1.82) is 0 Å². The molecule has 1 rings (SSSR count). The van der Waals surface area contributed by atoms with E-state index in [0.29, 0.717) is 19.4 Å². The van der Waals surface area contributed by atoms with Gasteiger partial charge < -0.3 is 10.4 Å². The highest BCUT2D eigenvalue weighted by atomic mass is 32.1. The van der Waals surface area contributed by atoms with Crippen molar-refractivity contribution in [2.45, 2.75) is 32.7 Å². The van der Waals surface area contributed by atoms with E-state index < -0.39 is 0 Å². The third kappa shape index (κ3) is 4.44. The minimum atomic E-state index is 0.0660. The number of aryl methyl sites for hydroxylation is 1. The Hall–Kier alpha value is -0.870. The zero-order valence-corrected chi connectivity index (χ0v) is 9.77. The molecule has 4 heteroatoms. The van der Waals surface area contributed by atoms with Gasteiger partial charge in [0.1, 0.15) is 0 Å². The SMILES string of the molecule is Cc1ccsc1CNC(=O)CCCCO. The van der Waals surface area contributed by atoms with Gasteiger partial charge in [0.15, 0.2) is 0 Å². The molecule has 0 radical (unpaired) electrons. The molecule has 0 spiro atoms. The van der Waals surface area contributed by atoms with Crippen LogP contribution in [0, 0.1) is 6.92 Å². The molecule has 3 nitrogen and oxygen atoms in total. The van der Waals surface area contributed by atoms with Crippen LogP contribution in [0.5, 0.6) is 0 Å². The fraction of sp³-hybridized carbons (Fsp3) is 0.545. The summed E-state index contributed by atoms with van der Waals surface area (Å²) in [5.41, 5.74) is 1.23. The van der Waals surface area contributed by atoms with Crippen molar-refractivity contribution in [3.05, 3.63) is 21.9 Å². The molecule has 0 aromatic carbocycles. The third-order valence-electron chi connectivity index (χ3n) is 2.23. The van der Waals surface area contributed by atoms with Crippen LogP contribution in [0.2, 0.25) is 0 Å². The smallest absolute Gasteiger partial charge is 0.220 e. The summed E-state index contributed by atoms with van der Waals surface area (Å²) in [5.74, 6) is 0.0660. The van der Waals surface area contributed by atoms with Gasteiger partial charge in [0.25, 0.3) is 0 Å². The first-order valence-electron chi connectivity index (χ1n) is 5.14. The van der Waals surface area contributed by atoms with Crippen LogP contribution >= 0.6 is 11.3 Å². The number of hydrogen-bond donors (Lipinski definition) is 2. The van der Waals surface area contributed by atoms with Crippen molar-refractivity contribution in [3.63, 3.8) is 0 Å². The lowest BCUT2D eigenvalue weighted by atomic mass is 10.2. The molecule has 0 aliphatic rings. The number of thiophene rings is 1. The fourth-order valence-electron chi connectivity index (χ4n) is 1.25. The van der Waals surface area contributed by atoms with E-state index in [9.17, 15) is 4.79 Å². The molecule has 0 fully saturated rings. The minimum absolute atomic E-state index is 0.0660. The lowest BCUT2D eigenvalue weighted by Crippen LogP contribution is -2.22. The second-order valence-corrected chi connectivity index (χ2v) is 4.48. The summed E-state index contributed by atoms with van der Waals surface area (Å²) in [5, 5.41) is 13.5. The Labute approximate surface area is 94.1 Å². The van der Waals surface area contributed by atoms with E-state index in [2.05, 4.69) is 11.4 Å². The van der Waals surface area contributed by atoms with Crippen LogP contribution in [0.4, 0.5) is 0 Å². The summed E-state index contributed by atoms with van der Waals surface area (Å²) >= 11 is 1.67. The average Bonchev–Trinajstić information content (AvgIpc) is 2.61. The van der Waals surface area contributed by atoms with E-state index in [-0.39, 0.29) is 12.5 Å². The molecule has 1 heterocycles. The Morgan fingerprint density at radius 3 is 2.93 bits per heavy atom. The Kier molecular flexibility index (Phi) is 5.36. The third-order valence-corrected chi connectivity index (χ3v) is 3.25. The fourth-order valence-corrected chi connectivity index (χ4v) is 2.10. The van der Waals surface area contributed by atoms with Gasteiger partial charge in [0.2, 0.25) is 5.91 Å². The molecule has 1 amide bonds. The molecule has 15 heavy (non-hydrogen) atoms. The summed E-state index contributed by atoms with van der Waals surface area (Å²) in [6.07, 6.45) is 1.96. The quantitative estimate of drug-likeness (QED) is 0.728. The second kappa shape index (κ2) is 6.58. The largest absolute Gasteiger partial charge is 0.396 e. The molecule has 2 N–H and O–H groups in total. The highest BCUT2D eigenvalue weighted by Crippen LogP contribution is 2.14. The van der Waals surface area contributed by atoms with Crippen LogP contribution in [0.15, 0.2) is 11.4 Å². The van der Waals surface area contributed by atoms with Gasteiger partial charge in [-0.2, -0.15) is 0 Å². The Morgan fingerprint density at radius 1 is 1.53 bits per heavy atom. The van der Waals surface area contributed by atoms with E-state index in [1.165, 1.54) is 10.4 Å². The van der Waals surface area contributed by atoms with E-state index in [1.54, 1.807) is 11.3 Å². The summed E-state index contributed by atoms with van der Waals surface area (Å²) in [7, 11) is 0. The van der Waals surface area contributed by atoms with Crippen LogP contribution in [0.3, 0.4) is 0 Å². The van der Waals surface area contributed by atoms with E-state index in [1.807, 2.05) is 12.3 Å². The van der Waals surface area contributed by atoms with Crippen LogP contribution in [0.25, 0.3) is 0 Å². The predicted octanol–water partition coefficient (Wildman–Crippen LogP) is 1.84. The summed E-state index contributed by atoms with van der Waals surface area (Å²) in [6.45, 7) is 2.84. The number of carbonyl (C=O) groups excluding carboxylic acids is 1. The molecule has 0 bridgehead atoms. The molecule has 0 atom stereocenters. The number of nitrogens with one attached hydrogen (secondary N) is 1. The number of aliphatic hydroxyl groups is 1. The molecule has 1 aromatic heterocycles. The Balaban J connectivity index is 2.20. The van der Waals surface area contributed by atoms with E-state index in [0.717, 1.165) is 6.42 Å². The van der Waals surface area contributed by atoms with Crippen molar-refractivity contribution in [2.24, 2.45) is 0 Å². The zero-order valence-electron chi connectivity index (χ0n) is 8.95. The van der Waals surface area contributed by atoms with Gasteiger partial charge in [0.05, 0.1) is 6.54 Å². The number of amides is 1. The van der Waals surface area contributed by atoms with Crippen molar-refractivity contribution in [2.75, 3.05) is 6.61 Å². The molecule has 0 aliphatic heterocycles. The van der Waals surface area contributed by atoms with Crippen LogP contribution in [-0.2, 0) is 11.3 Å². The van der Waals surface area contributed by atoms with E-state index >= 15 is 0 Å². The molecular formula is C11H17NO2S. The van der Waals surface area contributed by atoms with Crippen molar-refractivity contribution < 1.29 is 9.90 Å². The maximum absolute atomic E-state index is 11.3. The van der Waals surface area contributed by atoms with Crippen LogP contribution < -0.4 is 5.32 Å². The van der Waals surface area contributed by atoms with Gasteiger partial charge in [-0.05, 0) is 36.8 Å². The number of unbranched alkanes of at least 4 members (excludes halogenated alkanes) is 1. The van der Waals surface area contributed by atoms with Gasteiger partial charge in [0, 0.05) is 17.9 Å². The summed E-state index contributed by atoms with van der Waals surface area (Å²) in [6, 6.07) is 2.05. The number of rotatable bonds is 6. The van der Waals surface area contributed by atoms with E-state index in [4.69, 9.17) is 5.11 Å². The van der Waals surface area contributed by atoms with Crippen molar-refractivity contribution in [1.82, 2.24) is 5.32 Å². The summed E-state index contributed by atoms with van der Waals surface area (Å²) in [4.78, 5) is 12.5. The monoisotopic (exact) mass is 227 g/mol. The highest BCUT2D eigenvalue weighted by molar-refractivity contribution is 7.10. The molecule has 0 saturated heterocycles. The zero-order chi connectivity index (χ0) is 11.1. The number of hydrogen-bond acceptors (Lipinski definition) is 3. The van der Waals surface area contributed by atoms with Crippen LogP contribution in [0.1, 0.15) is 29.7 Å². The number of aliphatic hydroxyl groups excluding tert-OH is 1. The molecular weight excluding hydrogens is 210 g/mol. The highest BCUT2D eigenvalue weighted by Gasteiger charge is 2.03. The van der Waals surface area contributed by atoms with Gasteiger partial charge in [-0.15, -0.1) is 11.3 Å². The Morgan fingerprint density at radius 2 is 2.33 bits per heavy atom. The minimum Gasteiger partial charge on any atom is -0.396 e. The van der Waals surface area contributed by atoms with Gasteiger partial charge in [-0.3, -0.25) is 4.79 Å². The standard InChI is InChI=1S/C11H17NO2S/c1-9-5-7-15-10(9)8-12-11(14)4-2-3-6-13/h5,7,13H,2-4,6,8H2,1H3,(H,12,14).